The predicted octanol–water partition coefficient (Wildman–Crippen LogP) is 3.69. The van der Waals surface area contributed by atoms with Gasteiger partial charge in [-0.3, -0.25) is 0 Å². The van der Waals surface area contributed by atoms with Gasteiger partial charge in [0.2, 0.25) is 0 Å². The number of benzene rings is 1. The highest BCUT2D eigenvalue weighted by Gasteiger charge is 2.21. The van der Waals surface area contributed by atoms with E-state index in [2.05, 4.69) is 24.0 Å². The monoisotopic (exact) mass is 229 g/mol. The van der Waals surface area contributed by atoms with Crippen LogP contribution >= 0.6 is 0 Å². The summed E-state index contributed by atoms with van der Waals surface area (Å²) < 4.78 is 5.32. The van der Waals surface area contributed by atoms with E-state index in [0.29, 0.717) is 0 Å². The summed E-state index contributed by atoms with van der Waals surface area (Å²) in [6.45, 7) is 2.30. The zero-order chi connectivity index (χ0) is 11.8. The first-order chi connectivity index (χ1) is 8.31. The highest BCUT2D eigenvalue weighted by atomic mass is 16.5. The number of fused-ring (bicyclic) bond motifs is 3. The van der Waals surface area contributed by atoms with Crippen molar-refractivity contribution in [2.45, 2.75) is 32.6 Å². The molecule has 0 spiro atoms. The fourth-order valence-electron chi connectivity index (χ4n) is 2.94. The number of rotatable bonds is 2. The van der Waals surface area contributed by atoms with Gasteiger partial charge in [0, 0.05) is 16.6 Å². The summed E-state index contributed by atoms with van der Waals surface area (Å²) in [7, 11) is 1.73. The van der Waals surface area contributed by atoms with Crippen molar-refractivity contribution in [2.75, 3.05) is 7.11 Å². The molecule has 1 unspecified atom stereocenters. The first-order valence-corrected chi connectivity index (χ1v) is 6.49. The summed E-state index contributed by atoms with van der Waals surface area (Å²) >= 11 is 0. The largest absolute Gasteiger partial charge is 0.497 e. The van der Waals surface area contributed by atoms with Crippen LogP contribution in [0.1, 0.15) is 31.0 Å². The highest BCUT2D eigenvalue weighted by molar-refractivity contribution is 5.86. The zero-order valence-electron chi connectivity index (χ0n) is 10.5. The third kappa shape index (κ3) is 1.72. The molecule has 1 aromatic carbocycles. The maximum absolute atomic E-state index is 5.32. The Morgan fingerprint density at radius 3 is 3.06 bits per heavy atom. The molecule has 1 heterocycles. The average Bonchev–Trinajstić information content (AvgIpc) is 2.75. The molecule has 3 rings (SSSR count). The summed E-state index contributed by atoms with van der Waals surface area (Å²) in [6.07, 6.45) is 5.04. The molecule has 0 saturated carbocycles. The van der Waals surface area contributed by atoms with Crippen LogP contribution in [-0.4, -0.2) is 12.1 Å². The van der Waals surface area contributed by atoms with Gasteiger partial charge < -0.3 is 9.72 Å². The molecule has 0 radical (unpaired) electrons. The number of aromatic amines is 1. The van der Waals surface area contributed by atoms with Gasteiger partial charge in [-0.05, 0) is 48.9 Å². The molecule has 2 nitrogen and oxygen atoms in total. The summed E-state index contributed by atoms with van der Waals surface area (Å²) in [4.78, 5) is 3.56. The molecule has 0 saturated heterocycles. The van der Waals surface area contributed by atoms with Gasteiger partial charge in [-0.25, -0.2) is 0 Å². The summed E-state index contributed by atoms with van der Waals surface area (Å²) in [5, 5.41) is 1.36. The topological polar surface area (TPSA) is 25.0 Å². The van der Waals surface area contributed by atoms with Crippen LogP contribution in [0.15, 0.2) is 18.2 Å². The van der Waals surface area contributed by atoms with E-state index in [4.69, 9.17) is 4.74 Å². The molecule has 1 aliphatic carbocycles. The molecule has 0 fully saturated rings. The van der Waals surface area contributed by atoms with Crippen molar-refractivity contribution in [1.82, 2.24) is 4.98 Å². The van der Waals surface area contributed by atoms with E-state index in [9.17, 15) is 0 Å². The lowest BCUT2D eigenvalue weighted by molar-refractivity contribution is 0.415. The van der Waals surface area contributed by atoms with Crippen molar-refractivity contribution >= 4 is 10.9 Å². The third-order valence-electron chi connectivity index (χ3n) is 4.07. The van der Waals surface area contributed by atoms with Crippen LogP contribution in [0.3, 0.4) is 0 Å². The Labute approximate surface area is 102 Å². The quantitative estimate of drug-likeness (QED) is 0.834. The van der Waals surface area contributed by atoms with Crippen LogP contribution in [0.5, 0.6) is 5.75 Å². The van der Waals surface area contributed by atoms with Gasteiger partial charge in [-0.1, -0.05) is 13.3 Å². The molecule has 0 bridgehead atoms. The number of methoxy groups -OCH3 is 1. The Morgan fingerprint density at radius 1 is 1.41 bits per heavy atom. The molecule has 17 heavy (non-hydrogen) atoms. The van der Waals surface area contributed by atoms with Crippen LogP contribution in [-0.2, 0) is 12.8 Å². The second-order valence-corrected chi connectivity index (χ2v) is 5.01. The van der Waals surface area contributed by atoms with Crippen LogP contribution < -0.4 is 4.74 Å². The molecular formula is C15H19NO. The SMILES string of the molecule is CCC1CCc2[nH]c3ccc(OC)cc3c2C1. The molecule has 2 heteroatoms. The van der Waals surface area contributed by atoms with Gasteiger partial charge in [-0.15, -0.1) is 0 Å². The Morgan fingerprint density at radius 2 is 2.29 bits per heavy atom. The molecule has 1 aromatic heterocycles. The van der Waals surface area contributed by atoms with Crippen molar-refractivity contribution in [1.29, 1.82) is 0 Å². The summed E-state index contributed by atoms with van der Waals surface area (Å²) in [5.74, 6) is 1.81. The number of ether oxygens (including phenoxy) is 1. The lowest BCUT2D eigenvalue weighted by Gasteiger charge is -2.20. The first-order valence-electron chi connectivity index (χ1n) is 6.49. The third-order valence-corrected chi connectivity index (χ3v) is 4.07. The molecule has 1 N–H and O–H groups in total. The predicted molar refractivity (Wildman–Crippen MR) is 70.7 cm³/mol. The maximum atomic E-state index is 5.32. The second-order valence-electron chi connectivity index (χ2n) is 5.01. The standard InChI is InChI=1S/C15H19NO/c1-3-10-4-6-14-12(8-10)13-9-11(17-2)5-7-15(13)16-14/h5,7,9-10,16H,3-4,6,8H2,1-2H3. The summed E-state index contributed by atoms with van der Waals surface area (Å²) in [6, 6.07) is 6.33. The van der Waals surface area contributed by atoms with Crippen LogP contribution in [0.2, 0.25) is 0 Å². The number of aryl methyl sites for hydroxylation is 1. The Hall–Kier alpha value is -1.44. The number of hydrogen-bond donors (Lipinski definition) is 1. The Kier molecular flexibility index (Phi) is 2.58. The van der Waals surface area contributed by atoms with Crippen molar-refractivity contribution in [2.24, 2.45) is 5.92 Å². The van der Waals surface area contributed by atoms with Crippen molar-refractivity contribution < 1.29 is 4.74 Å². The minimum atomic E-state index is 0.854. The lowest BCUT2D eigenvalue weighted by atomic mass is 9.85. The fourth-order valence-corrected chi connectivity index (χ4v) is 2.94. The van der Waals surface area contributed by atoms with Gasteiger partial charge in [0.05, 0.1) is 7.11 Å². The molecular weight excluding hydrogens is 210 g/mol. The number of nitrogens with one attached hydrogen (secondary N) is 1. The van der Waals surface area contributed by atoms with Gasteiger partial charge in [0.25, 0.3) is 0 Å². The Balaban J connectivity index is 2.12. The number of H-pyrrole nitrogens is 1. The van der Waals surface area contributed by atoms with Crippen LogP contribution in [0.4, 0.5) is 0 Å². The smallest absolute Gasteiger partial charge is 0.119 e. The van der Waals surface area contributed by atoms with Crippen molar-refractivity contribution in [3.05, 3.63) is 29.5 Å². The molecule has 1 aliphatic rings. The van der Waals surface area contributed by atoms with Crippen LogP contribution in [0, 0.1) is 5.92 Å². The molecule has 0 amide bonds. The van der Waals surface area contributed by atoms with E-state index in [-0.39, 0.29) is 0 Å². The number of hydrogen-bond acceptors (Lipinski definition) is 1. The maximum Gasteiger partial charge on any atom is 0.119 e. The molecule has 1 atom stereocenters. The molecule has 0 aliphatic heterocycles. The van der Waals surface area contributed by atoms with Crippen LogP contribution in [0.25, 0.3) is 10.9 Å². The van der Waals surface area contributed by atoms with Gasteiger partial charge >= 0.3 is 0 Å². The highest BCUT2D eigenvalue weighted by Crippen LogP contribution is 2.34. The fraction of sp³-hybridized carbons (Fsp3) is 0.467. The van der Waals surface area contributed by atoms with E-state index in [1.165, 1.54) is 47.8 Å². The number of aromatic nitrogens is 1. The molecule has 90 valence electrons. The van der Waals surface area contributed by atoms with E-state index in [1.807, 2.05) is 6.07 Å². The van der Waals surface area contributed by atoms with Crippen molar-refractivity contribution in [3.8, 4) is 5.75 Å². The normalized spacial score (nSPS) is 19.3. The van der Waals surface area contributed by atoms with Gasteiger partial charge in [-0.2, -0.15) is 0 Å². The van der Waals surface area contributed by atoms with E-state index in [1.54, 1.807) is 7.11 Å². The average molecular weight is 229 g/mol. The summed E-state index contributed by atoms with van der Waals surface area (Å²) in [5.41, 5.74) is 4.22. The molecule has 2 aromatic rings. The van der Waals surface area contributed by atoms with Gasteiger partial charge in [0.15, 0.2) is 0 Å². The zero-order valence-corrected chi connectivity index (χ0v) is 10.5. The Bertz CT molecular complexity index is 541. The first kappa shape index (κ1) is 10.7. The van der Waals surface area contributed by atoms with E-state index in [0.717, 1.165) is 11.7 Å². The van der Waals surface area contributed by atoms with E-state index < -0.39 is 0 Å². The lowest BCUT2D eigenvalue weighted by Crippen LogP contribution is -2.12. The minimum Gasteiger partial charge on any atom is -0.497 e. The van der Waals surface area contributed by atoms with Crippen molar-refractivity contribution in [3.63, 3.8) is 0 Å². The van der Waals surface area contributed by atoms with E-state index >= 15 is 0 Å². The minimum absolute atomic E-state index is 0.854. The second kappa shape index (κ2) is 4.10. The van der Waals surface area contributed by atoms with Gasteiger partial charge in [0.1, 0.15) is 5.75 Å².